The number of nitrogens with zero attached hydrogens (tertiary/aromatic N) is 2. The molecule has 3 N–H and O–H groups in total. The maximum Gasteiger partial charge on any atom is 0.305 e. The number of ether oxygens (including phenoxy) is 1. The number of methoxy groups -OCH3 is 1. The highest BCUT2D eigenvalue weighted by molar-refractivity contribution is 5.78. The molecule has 2 saturated heterocycles. The summed E-state index contributed by atoms with van der Waals surface area (Å²) in [7, 11) is 1.42. The molecule has 0 aromatic carbocycles. The molecule has 10 heteroatoms. The van der Waals surface area contributed by atoms with E-state index in [1.54, 1.807) is 0 Å². The van der Waals surface area contributed by atoms with Crippen molar-refractivity contribution in [2.75, 3.05) is 20.2 Å². The number of hydrogen-bond donors (Lipinski definition) is 3. The molecule has 51 heavy (non-hydrogen) atoms. The van der Waals surface area contributed by atoms with Crippen LogP contribution in [-0.4, -0.2) is 93.4 Å². The highest BCUT2D eigenvalue weighted by atomic mass is 16.5. The van der Waals surface area contributed by atoms with E-state index in [0.717, 1.165) is 135 Å². The summed E-state index contributed by atoms with van der Waals surface area (Å²) in [5.74, 6) is -0.472. The van der Waals surface area contributed by atoms with Crippen LogP contribution in [0.3, 0.4) is 0 Å². The molecule has 0 aliphatic carbocycles. The molecule has 2 heterocycles. The molecule has 0 aromatic heterocycles. The fourth-order valence-electron chi connectivity index (χ4n) is 6.71. The standard InChI is InChI=1S/C21H37NO4.C20H35NO4/c1-3-4-7-12-19(23)16-15-18-11-10-13-20(24)22(18)17-9-6-5-8-14-21(25)26-2;1-2-3-6-11-18(22)15-14-17-10-9-12-19(23)21(17)16-8-5-4-7-13-20(24)25/h15-16,18-19,23H,3-14,17H2,1-2H3;14-15,17-18,22H,2-13,16H2,1H3,(H,24,25)/b16-15+;15-14+. The first-order chi connectivity index (χ1) is 24.6. The number of rotatable bonds is 26. The molecule has 0 aromatic rings. The zero-order chi connectivity index (χ0) is 37.7. The molecule has 0 bridgehead atoms. The zero-order valence-corrected chi connectivity index (χ0v) is 32.3. The van der Waals surface area contributed by atoms with Gasteiger partial charge < -0.3 is 29.9 Å². The van der Waals surface area contributed by atoms with Crippen molar-refractivity contribution in [2.24, 2.45) is 0 Å². The number of amides is 2. The van der Waals surface area contributed by atoms with E-state index in [1.807, 2.05) is 34.1 Å². The molecule has 294 valence electrons. The van der Waals surface area contributed by atoms with Gasteiger partial charge >= 0.3 is 11.9 Å². The summed E-state index contributed by atoms with van der Waals surface area (Å²) in [6.07, 6.45) is 28.2. The third-order valence-electron chi connectivity index (χ3n) is 9.84. The van der Waals surface area contributed by atoms with Crippen LogP contribution in [-0.2, 0) is 23.9 Å². The highest BCUT2D eigenvalue weighted by Gasteiger charge is 2.27. The zero-order valence-electron chi connectivity index (χ0n) is 32.3. The molecule has 0 spiro atoms. The second kappa shape index (κ2) is 29.8. The van der Waals surface area contributed by atoms with E-state index in [4.69, 9.17) is 5.11 Å². The molecule has 10 nitrogen and oxygen atoms in total. The van der Waals surface area contributed by atoms with E-state index in [9.17, 15) is 29.4 Å². The Labute approximate surface area is 309 Å². The van der Waals surface area contributed by atoms with Gasteiger partial charge in [0.15, 0.2) is 0 Å². The lowest BCUT2D eigenvalue weighted by Gasteiger charge is -2.34. The van der Waals surface area contributed by atoms with Gasteiger partial charge in [0.05, 0.1) is 31.4 Å². The summed E-state index contributed by atoms with van der Waals surface area (Å²) in [4.78, 5) is 50.0. The van der Waals surface area contributed by atoms with E-state index in [2.05, 4.69) is 18.6 Å². The van der Waals surface area contributed by atoms with Gasteiger partial charge in [-0.3, -0.25) is 19.2 Å². The average Bonchev–Trinajstić information content (AvgIpc) is 3.11. The summed E-state index contributed by atoms with van der Waals surface area (Å²) in [5, 5.41) is 28.7. The summed E-state index contributed by atoms with van der Waals surface area (Å²) in [6, 6.07) is 0.216. The Bertz CT molecular complexity index is 1020. The number of hydrogen-bond acceptors (Lipinski definition) is 7. The van der Waals surface area contributed by atoms with E-state index >= 15 is 0 Å². The quantitative estimate of drug-likeness (QED) is 0.0465. The van der Waals surface area contributed by atoms with Crippen LogP contribution in [0.25, 0.3) is 0 Å². The van der Waals surface area contributed by atoms with Crippen LogP contribution in [0.15, 0.2) is 24.3 Å². The second-order valence-corrected chi connectivity index (χ2v) is 14.3. The van der Waals surface area contributed by atoms with E-state index < -0.39 is 18.2 Å². The monoisotopic (exact) mass is 721 g/mol. The minimum atomic E-state index is -0.742. The Kier molecular flexibility index (Phi) is 27.1. The van der Waals surface area contributed by atoms with Crippen molar-refractivity contribution in [2.45, 2.75) is 192 Å². The van der Waals surface area contributed by atoms with Crippen molar-refractivity contribution in [1.29, 1.82) is 0 Å². The van der Waals surface area contributed by atoms with Crippen molar-refractivity contribution in [3.8, 4) is 0 Å². The largest absolute Gasteiger partial charge is 0.481 e. The minimum absolute atomic E-state index is 0.0982. The van der Waals surface area contributed by atoms with Crippen molar-refractivity contribution >= 4 is 23.8 Å². The smallest absolute Gasteiger partial charge is 0.305 e. The lowest BCUT2D eigenvalue weighted by atomic mass is 9.99. The number of carbonyl (C=O) groups is 4. The van der Waals surface area contributed by atoms with Crippen LogP contribution in [0.4, 0.5) is 0 Å². The second-order valence-electron chi connectivity index (χ2n) is 14.3. The van der Waals surface area contributed by atoms with Crippen LogP contribution in [0.1, 0.15) is 168 Å². The molecular formula is C41H72N2O8. The molecule has 2 amide bonds. The Morgan fingerprint density at radius 2 is 1.12 bits per heavy atom. The number of unbranched alkanes of at least 4 members (excludes halogenated alkanes) is 10. The number of esters is 1. The van der Waals surface area contributed by atoms with Crippen LogP contribution in [0.5, 0.6) is 0 Å². The SMILES string of the molecule is CCCCCC(O)/C=C/C1CCCC(=O)N1CCCCCCC(=O)O.CCCCCC(O)/C=C/C1CCCC(=O)N1CCCCCCC(=O)OC. The normalized spacial score (nSPS) is 19.3. The maximum atomic E-state index is 12.3. The van der Waals surface area contributed by atoms with Gasteiger partial charge in [-0.2, -0.15) is 0 Å². The molecular weight excluding hydrogens is 648 g/mol. The van der Waals surface area contributed by atoms with E-state index in [0.29, 0.717) is 25.7 Å². The fourth-order valence-corrected chi connectivity index (χ4v) is 6.71. The molecule has 2 aliphatic heterocycles. The number of likely N-dealkylation sites (tertiary alicyclic amines) is 2. The van der Waals surface area contributed by atoms with Gasteiger partial charge in [0.2, 0.25) is 11.8 Å². The Morgan fingerprint density at radius 3 is 1.53 bits per heavy atom. The maximum absolute atomic E-state index is 12.3. The van der Waals surface area contributed by atoms with Gasteiger partial charge in [-0.15, -0.1) is 0 Å². The molecule has 0 radical (unpaired) electrons. The minimum Gasteiger partial charge on any atom is -0.481 e. The van der Waals surface area contributed by atoms with Crippen LogP contribution >= 0.6 is 0 Å². The van der Waals surface area contributed by atoms with Gasteiger partial charge in [-0.25, -0.2) is 0 Å². The van der Waals surface area contributed by atoms with Crippen molar-refractivity contribution in [1.82, 2.24) is 9.80 Å². The third kappa shape index (κ3) is 22.7. The van der Waals surface area contributed by atoms with E-state index in [-0.39, 0.29) is 36.3 Å². The average molecular weight is 721 g/mol. The molecule has 2 aliphatic rings. The lowest BCUT2D eigenvalue weighted by Crippen LogP contribution is -2.43. The summed E-state index contributed by atoms with van der Waals surface area (Å²) in [6.45, 7) is 5.80. The summed E-state index contributed by atoms with van der Waals surface area (Å²) >= 11 is 0. The van der Waals surface area contributed by atoms with Gasteiger partial charge in [0.1, 0.15) is 0 Å². The predicted octanol–water partition coefficient (Wildman–Crippen LogP) is 7.89. The van der Waals surface area contributed by atoms with Gasteiger partial charge in [0.25, 0.3) is 0 Å². The Morgan fingerprint density at radius 1 is 0.686 bits per heavy atom. The van der Waals surface area contributed by atoms with Crippen LogP contribution in [0.2, 0.25) is 0 Å². The first-order valence-corrected chi connectivity index (χ1v) is 20.2. The molecule has 4 atom stereocenters. The van der Waals surface area contributed by atoms with Gasteiger partial charge in [-0.05, 0) is 64.2 Å². The summed E-state index contributed by atoms with van der Waals surface area (Å²) < 4.78 is 4.64. The Hall–Kier alpha value is -2.72. The van der Waals surface area contributed by atoms with Crippen LogP contribution in [0, 0.1) is 0 Å². The van der Waals surface area contributed by atoms with Crippen molar-refractivity contribution in [3.63, 3.8) is 0 Å². The molecule has 2 rings (SSSR count). The number of carboxylic acid groups (broad SMARTS) is 1. The van der Waals surface area contributed by atoms with E-state index in [1.165, 1.54) is 7.11 Å². The number of aliphatic hydroxyl groups excluding tert-OH is 2. The first-order valence-electron chi connectivity index (χ1n) is 20.2. The highest BCUT2D eigenvalue weighted by Crippen LogP contribution is 2.22. The van der Waals surface area contributed by atoms with Gasteiger partial charge in [-0.1, -0.05) is 102 Å². The number of aliphatic carboxylic acids is 1. The molecule has 2 fully saturated rings. The van der Waals surface area contributed by atoms with Gasteiger partial charge in [0, 0.05) is 38.8 Å². The molecule has 4 unspecified atom stereocenters. The number of carbonyl (C=O) groups excluding carboxylic acids is 3. The first kappa shape index (κ1) is 46.3. The number of aliphatic hydroxyl groups is 2. The van der Waals surface area contributed by atoms with Crippen molar-refractivity contribution in [3.05, 3.63) is 24.3 Å². The number of carboxylic acids is 1. The topological polar surface area (TPSA) is 145 Å². The lowest BCUT2D eigenvalue weighted by molar-refractivity contribution is -0.141. The van der Waals surface area contributed by atoms with Crippen molar-refractivity contribution < 1.29 is 39.2 Å². The summed E-state index contributed by atoms with van der Waals surface area (Å²) in [5.41, 5.74) is 0. The third-order valence-corrected chi connectivity index (χ3v) is 9.84. The predicted molar refractivity (Wildman–Crippen MR) is 203 cm³/mol. The fraction of sp³-hybridized carbons (Fsp3) is 0.805. The van der Waals surface area contributed by atoms with Crippen LogP contribution < -0.4 is 0 Å². The molecule has 0 saturated carbocycles. The Balaban J connectivity index is 0.000000510. The number of piperidine rings is 2.